The van der Waals surface area contributed by atoms with Gasteiger partial charge >= 0.3 is 0 Å². The zero-order valence-electron chi connectivity index (χ0n) is 11.1. The number of Topliss-reactive ketones (excluding diaryl/α,β-unsaturated/α-hetero) is 1. The van der Waals surface area contributed by atoms with Gasteiger partial charge in [0, 0.05) is 17.8 Å². The summed E-state index contributed by atoms with van der Waals surface area (Å²) in [5.41, 5.74) is 1.33. The topological polar surface area (TPSA) is 29.5 Å². The van der Waals surface area contributed by atoms with Crippen LogP contribution >= 0.6 is 0 Å². The second-order valence-electron chi connectivity index (χ2n) is 5.32. The standard InChI is InChI=1S/C15H18FNO2/c1-10(18)12-9-11(16)5-6-13(12)17-7-8-19-15-4-2-3-14(15)17/h5-6,9,14-15H,2-4,7-8H2,1H3. The summed E-state index contributed by atoms with van der Waals surface area (Å²) in [4.78, 5) is 14.0. The lowest BCUT2D eigenvalue weighted by molar-refractivity contribution is 0.0255. The molecule has 2 aliphatic rings. The molecule has 3 nitrogen and oxygen atoms in total. The number of nitrogens with zero attached hydrogens (tertiary/aromatic N) is 1. The summed E-state index contributed by atoms with van der Waals surface area (Å²) < 4.78 is 19.1. The van der Waals surface area contributed by atoms with Crippen molar-refractivity contribution in [2.45, 2.75) is 38.3 Å². The maximum absolute atomic E-state index is 13.3. The predicted molar refractivity (Wildman–Crippen MR) is 71.1 cm³/mol. The first-order chi connectivity index (χ1) is 9.16. The molecule has 1 heterocycles. The number of morpholine rings is 1. The Labute approximate surface area is 112 Å². The molecule has 2 fully saturated rings. The van der Waals surface area contributed by atoms with Crippen molar-refractivity contribution < 1.29 is 13.9 Å². The van der Waals surface area contributed by atoms with Gasteiger partial charge in [-0.25, -0.2) is 4.39 Å². The lowest BCUT2D eigenvalue weighted by atomic mass is 10.0. The molecule has 0 bridgehead atoms. The van der Waals surface area contributed by atoms with Crippen LogP contribution in [0.2, 0.25) is 0 Å². The van der Waals surface area contributed by atoms with Crippen molar-refractivity contribution in [3.05, 3.63) is 29.6 Å². The van der Waals surface area contributed by atoms with Crippen molar-refractivity contribution in [1.82, 2.24) is 0 Å². The van der Waals surface area contributed by atoms with Gasteiger partial charge in [-0.15, -0.1) is 0 Å². The largest absolute Gasteiger partial charge is 0.374 e. The molecular weight excluding hydrogens is 245 g/mol. The Bertz CT molecular complexity index is 503. The first kappa shape index (κ1) is 12.6. The molecule has 1 aromatic carbocycles. The second-order valence-corrected chi connectivity index (χ2v) is 5.32. The van der Waals surface area contributed by atoms with E-state index in [4.69, 9.17) is 4.74 Å². The second kappa shape index (κ2) is 4.93. The van der Waals surface area contributed by atoms with E-state index in [1.165, 1.54) is 19.1 Å². The third-order valence-corrected chi connectivity index (χ3v) is 4.13. The molecule has 0 amide bonds. The summed E-state index contributed by atoms with van der Waals surface area (Å²) in [6.45, 7) is 2.94. The van der Waals surface area contributed by atoms with Gasteiger partial charge in [-0.2, -0.15) is 0 Å². The predicted octanol–water partition coefficient (Wildman–Crippen LogP) is 2.79. The number of halogens is 1. The third-order valence-electron chi connectivity index (χ3n) is 4.13. The molecule has 102 valence electrons. The average molecular weight is 263 g/mol. The van der Waals surface area contributed by atoms with E-state index in [2.05, 4.69) is 4.90 Å². The van der Waals surface area contributed by atoms with Gasteiger partial charge in [0.2, 0.25) is 0 Å². The highest BCUT2D eigenvalue weighted by Gasteiger charge is 2.37. The van der Waals surface area contributed by atoms with Crippen LogP contribution in [0, 0.1) is 5.82 Å². The lowest BCUT2D eigenvalue weighted by Gasteiger charge is -2.40. The van der Waals surface area contributed by atoms with Crippen LogP contribution in [0.4, 0.5) is 10.1 Å². The van der Waals surface area contributed by atoms with E-state index >= 15 is 0 Å². The molecule has 2 unspecified atom stereocenters. The van der Waals surface area contributed by atoms with E-state index in [0.29, 0.717) is 18.2 Å². The van der Waals surface area contributed by atoms with Crippen molar-refractivity contribution >= 4 is 11.5 Å². The number of benzene rings is 1. The number of rotatable bonds is 2. The zero-order chi connectivity index (χ0) is 13.4. The Kier molecular flexibility index (Phi) is 3.27. The molecule has 0 radical (unpaired) electrons. The monoisotopic (exact) mass is 263 g/mol. The molecule has 2 atom stereocenters. The Morgan fingerprint density at radius 3 is 3.05 bits per heavy atom. The Morgan fingerprint density at radius 1 is 1.42 bits per heavy atom. The van der Waals surface area contributed by atoms with E-state index in [9.17, 15) is 9.18 Å². The average Bonchev–Trinajstić information content (AvgIpc) is 2.86. The van der Waals surface area contributed by atoms with E-state index in [0.717, 1.165) is 31.5 Å². The minimum atomic E-state index is -0.356. The minimum Gasteiger partial charge on any atom is -0.374 e. The van der Waals surface area contributed by atoms with Crippen LogP contribution in [0.5, 0.6) is 0 Å². The van der Waals surface area contributed by atoms with Crippen molar-refractivity contribution in [1.29, 1.82) is 0 Å². The maximum atomic E-state index is 13.3. The van der Waals surface area contributed by atoms with Gasteiger partial charge in [0.1, 0.15) is 5.82 Å². The quantitative estimate of drug-likeness (QED) is 0.768. The first-order valence-electron chi connectivity index (χ1n) is 6.85. The van der Waals surface area contributed by atoms with Gasteiger partial charge in [-0.1, -0.05) is 0 Å². The highest BCUT2D eigenvalue weighted by atomic mass is 19.1. The molecule has 0 aromatic heterocycles. The van der Waals surface area contributed by atoms with E-state index in [-0.39, 0.29) is 17.7 Å². The van der Waals surface area contributed by atoms with Crippen LogP contribution in [0.25, 0.3) is 0 Å². The highest BCUT2D eigenvalue weighted by Crippen LogP contribution is 2.35. The summed E-state index contributed by atoms with van der Waals surface area (Å²) in [5.74, 6) is -0.444. The number of hydrogen-bond donors (Lipinski definition) is 0. The number of ketones is 1. The summed E-state index contributed by atoms with van der Waals surface area (Å²) in [5, 5.41) is 0. The van der Waals surface area contributed by atoms with E-state index in [1.807, 2.05) is 0 Å². The molecule has 19 heavy (non-hydrogen) atoms. The molecular formula is C15H18FNO2. The van der Waals surface area contributed by atoms with Crippen LogP contribution < -0.4 is 4.90 Å². The van der Waals surface area contributed by atoms with Gasteiger partial charge in [0.25, 0.3) is 0 Å². The molecule has 1 aliphatic heterocycles. The van der Waals surface area contributed by atoms with Gasteiger partial charge < -0.3 is 9.64 Å². The normalized spacial score (nSPS) is 26.3. The molecule has 0 spiro atoms. The highest BCUT2D eigenvalue weighted by molar-refractivity contribution is 5.99. The molecule has 1 aromatic rings. The number of hydrogen-bond acceptors (Lipinski definition) is 3. The lowest BCUT2D eigenvalue weighted by Crippen LogP contribution is -2.49. The smallest absolute Gasteiger partial charge is 0.161 e. The summed E-state index contributed by atoms with van der Waals surface area (Å²) in [6, 6.07) is 4.84. The van der Waals surface area contributed by atoms with Crippen molar-refractivity contribution in [2.75, 3.05) is 18.1 Å². The summed E-state index contributed by atoms with van der Waals surface area (Å²) in [6.07, 6.45) is 3.58. The molecule has 4 heteroatoms. The SMILES string of the molecule is CC(=O)c1cc(F)ccc1N1CCOC2CCCC21. The fourth-order valence-electron chi connectivity index (χ4n) is 3.27. The van der Waals surface area contributed by atoms with Gasteiger partial charge in [-0.3, -0.25) is 4.79 Å². The van der Waals surface area contributed by atoms with E-state index in [1.54, 1.807) is 6.07 Å². The van der Waals surface area contributed by atoms with Gasteiger partial charge in [0.15, 0.2) is 5.78 Å². The zero-order valence-corrected chi connectivity index (χ0v) is 11.1. The van der Waals surface area contributed by atoms with Crippen LogP contribution in [0.3, 0.4) is 0 Å². The number of fused-ring (bicyclic) bond motifs is 1. The minimum absolute atomic E-state index is 0.0875. The number of carbonyl (C=O) groups is 1. The first-order valence-corrected chi connectivity index (χ1v) is 6.85. The Balaban J connectivity index is 1.98. The molecule has 1 saturated heterocycles. The van der Waals surface area contributed by atoms with Crippen molar-refractivity contribution in [3.63, 3.8) is 0 Å². The molecule has 1 saturated carbocycles. The Morgan fingerprint density at radius 2 is 2.26 bits per heavy atom. The fraction of sp³-hybridized carbons (Fsp3) is 0.533. The number of carbonyl (C=O) groups excluding carboxylic acids is 1. The summed E-state index contributed by atoms with van der Waals surface area (Å²) >= 11 is 0. The van der Waals surface area contributed by atoms with Crippen LogP contribution in [-0.4, -0.2) is 31.1 Å². The van der Waals surface area contributed by atoms with Crippen LogP contribution in [0.1, 0.15) is 36.5 Å². The van der Waals surface area contributed by atoms with Crippen LogP contribution in [0.15, 0.2) is 18.2 Å². The number of anilines is 1. The third kappa shape index (κ3) is 2.25. The molecule has 1 aliphatic carbocycles. The van der Waals surface area contributed by atoms with Crippen LogP contribution in [-0.2, 0) is 4.74 Å². The molecule has 0 N–H and O–H groups in total. The summed E-state index contributed by atoms with van der Waals surface area (Å²) in [7, 11) is 0. The van der Waals surface area contributed by atoms with Crippen molar-refractivity contribution in [3.8, 4) is 0 Å². The van der Waals surface area contributed by atoms with Crippen molar-refractivity contribution in [2.24, 2.45) is 0 Å². The van der Waals surface area contributed by atoms with E-state index < -0.39 is 0 Å². The maximum Gasteiger partial charge on any atom is 0.161 e. The Hall–Kier alpha value is -1.42. The van der Waals surface area contributed by atoms with Gasteiger partial charge in [-0.05, 0) is 44.4 Å². The fourth-order valence-corrected chi connectivity index (χ4v) is 3.27. The molecule has 3 rings (SSSR count). The van der Waals surface area contributed by atoms with Gasteiger partial charge in [0.05, 0.1) is 18.8 Å². The number of ether oxygens (including phenoxy) is 1.